The summed E-state index contributed by atoms with van der Waals surface area (Å²) in [6.07, 6.45) is 0. The molecule has 0 aliphatic carbocycles. The molecule has 0 saturated heterocycles. The fraction of sp³-hybridized carbons (Fsp3) is 0.250. The van der Waals surface area contributed by atoms with Crippen LogP contribution in [0, 0.1) is 5.82 Å². The lowest BCUT2D eigenvalue weighted by Crippen LogP contribution is -2.42. The summed E-state index contributed by atoms with van der Waals surface area (Å²) >= 11 is 1.05. The Morgan fingerprint density at radius 1 is 1.12 bits per heavy atom. The topological polar surface area (TPSA) is 92.3 Å². The number of halogens is 1. The zero-order chi connectivity index (χ0) is 18.4. The van der Waals surface area contributed by atoms with E-state index < -0.39 is 32.7 Å². The van der Waals surface area contributed by atoms with Crippen molar-refractivity contribution in [2.75, 3.05) is 13.1 Å². The molecule has 0 fully saturated rings. The quantitative estimate of drug-likeness (QED) is 0.741. The van der Waals surface area contributed by atoms with Crippen LogP contribution in [0.3, 0.4) is 0 Å². The number of hydrogen-bond acceptors (Lipinski definition) is 5. The minimum Gasteiger partial charge on any atom is -0.348 e. The minimum atomic E-state index is -3.81. The molecular weight excluding hydrogens is 367 g/mol. The molecule has 25 heavy (non-hydrogen) atoms. The van der Waals surface area contributed by atoms with Crippen molar-refractivity contribution >= 4 is 33.0 Å². The zero-order valence-electron chi connectivity index (χ0n) is 13.4. The molecule has 0 aliphatic rings. The summed E-state index contributed by atoms with van der Waals surface area (Å²) in [5.74, 6) is -2.26. The van der Waals surface area contributed by atoms with Crippen LogP contribution in [0.1, 0.15) is 17.7 Å². The van der Waals surface area contributed by atoms with Gasteiger partial charge in [0, 0.05) is 13.1 Å². The molecule has 0 spiro atoms. The second-order valence-electron chi connectivity index (χ2n) is 5.09. The van der Waals surface area contributed by atoms with E-state index in [4.69, 9.17) is 0 Å². The summed E-state index contributed by atoms with van der Waals surface area (Å²) < 4.78 is 39.0. The molecule has 0 aliphatic heterocycles. The van der Waals surface area contributed by atoms with Crippen LogP contribution in [-0.2, 0) is 19.4 Å². The Morgan fingerprint density at radius 3 is 2.32 bits per heavy atom. The van der Waals surface area contributed by atoms with Crippen LogP contribution in [0.2, 0.25) is 0 Å². The molecular formula is C16H17FN2O4S2. The molecule has 1 aromatic heterocycles. The summed E-state index contributed by atoms with van der Waals surface area (Å²) in [6.45, 7) is 1.64. The van der Waals surface area contributed by atoms with E-state index in [-0.39, 0.29) is 17.3 Å². The predicted octanol–water partition coefficient (Wildman–Crippen LogP) is 1.65. The fourth-order valence-corrected chi connectivity index (χ4v) is 5.02. The first kappa shape index (κ1) is 19.1. The predicted molar refractivity (Wildman–Crippen MR) is 92.3 cm³/mol. The van der Waals surface area contributed by atoms with E-state index >= 15 is 0 Å². The Bertz CT molecular complexity index is 834. The maximum atomic E-state index is 13.2. The molecule has 0 radical (unpaired) electrons. The van der Waals surface area contributed by atoms with Gasteiger partial charge in [0.25, 0.3) is 0 Å². The van der Waals surface area contributed by atoms with Gasteiger partial charge in [-0.05, 0) is 36.1 Å². The van der Waals surface area contributed by atoms with Crippen molar-refractivity contribution < 1.29 is 22.4 Å². The molecule has 2 N–H and O–H groups in total. The maximum Gasteiger partial charge on any atom is 0.309 e. The molecule has 0 unspecified atom stereocenters. The van der Waals surface area contributed by atoms with E-state index in [9.17, 15) is 22.4 Å². The fourth-order valence-electron chi connectivity index (χ4n) is 2.16. The van der Waals surface area contributed by atoms with Crippen molar-refractivity contribution in [2.24, 2.45) is 0 Å². The van der Waals surface area contributed by atoms with E-state index in [1.54, 1.807) is 18.4 Å². The molecule has 1 heterocycles. The smallest absolute Gasteiger partial charge is 0.309 e. The average Bonchev–Trinajstić information content (AvgIpc) is 3.12. The number of rotatable bonds is 6. The Morgan fingerprint density at radius 2 is 1.76 bits per heavy atom. The molecule has 9 heteroatoms. The highest BCUT2D eigenvalue weighted by molar-refractivity contribution is 7.93. The highest BCUT2D eigenvalue weighted by atomic mass is 32.2. The number of nitrogens with one attached hydrogen (secondary N) is 2. The van der Waals surface area contributed by atoms with Gasteiger partial charge < -0.3 is 10.6 Å². The Hall–Kier alpha value is -2.26. The molecule has 1 aromatic carbocycles. The summed E-state index contributed by atoms with van der Waals surface area (Å²) in [7, 11) is -3.81. The molecule has 0 bridgehead atoms. The van der Waals surface area contributed by atoms with Crippen molar-refractivity contribution in [3.05, 3.63) is 53.2 Å². The highest BCUT2D eigenvalue weighted by Crippen LogP contribution is 2.31. The average molecular weight is 384 g/mol. The van der Waals surface area contributed by atoms with Gasteiger partial charge in [-0.1, -0.05) is 18.2 Å². The lowest BCUT2D eigenvalue weighted by atomic mass is 10.1. The summed E-state index contributed by atoms with van der Waals surface area (Å²) in [5.41, 5.74) is 0.325. The van der Waals surface area contributed by atoms with Crippen LogP contribution < -0.4 is 10.6 Å². The maximum absolute atomic E-state index is 13.2. The number of carbonyl (C=O) groups excluding carboxylic acids is 2. The second kappa shape index (κ2) is 8.21. The van der Waals surface area contributed by atoms with Gasteiger partial charge in [-0.25, -0.2) is 12.8 Å². The van der Waals surface area contributed by atoms with Gasteiger partial charge in [0.1, 0.15) is 15.3 Å². The third kappa shape index (κ3) is 4.64. The van der Waals surface area contributed by atoms with E-state index in [0.29, 0.717) is 5.56 Å². The van der Waals surface area contributed by atoms with Crippen molar-refractivity contribution in [1.29, 1.82) is 0 Å². The number of carbonyl (C=O) groups is 2. The van der Waals surface area contributed by atoms with E-state index in [0.717, 1.165) is 23.5 Å². The number of likely N-dealkylation sites (N-methyl/N-ethyl adjacent to an activating group) is 1. The van der Waals surface area contributed by atoms with Crippen molar-refractivity contribution in [3.8, 4) is 0 Å². The first-order valence-corrected chi connectivity index (χ1v) is 9.87. The normalized spacial score (nSPS) is 12.4. The molecule has 6 nitrogen and oxygen atoms in total. The van der Waals surface area contributed by atoms with Gasteiger partial charge in [-0.2, -0.15) is 0 Å². The van der Waals surface area contributed by atoms with E-state index in [1.165, 1.54) is 18.2 Å². The van der Waals surface area contributed by atoms with Gasteiger partial charge >= 0.3 is 11.8 Å². The largest absolute Gasteiger partial charge is 0.348 e. The second-order valence-corrected chi connectivity index (χ2v) is 8.39. The third-order valence-electron chi connectivity index (χ3n) is 3.38. The molecule has 2 amide bonds. The highest BCUT2D eigenvalue weighted by Gasteiger charge is 2.31. The summed E-state index contributed by atoms with van der Waals surface area (Å²) in [4.78, 5) is 23.3. The zero-order valence-corrected chi connectivity index (χ0v) is 15.0. The van der Waals surface area contributed by atoms with Gasteiger partial charge in [0.15, 0.2) is 9.84 Å². The van der Waals surface area contributed by atoms with Crippen molar-refractivity contribution in [3.63, 3.8) is 0 Å². The molecule has 2 rings (SSSR count). The standard InChI is InChI=1S/C16H17FN2O4S2/c1-2-18-15(20)16(21)19-10-13(11-5-7-12(17)8-6-11)25(22,23)14-4-3-9-24-14/h3-9,13H,2,10H2,1H3,(H,18,20)(H,19,21)/t13-/m1/s1. The summed E-state index contributed by atoms with van der Waals surface area (Å²) in [5, 5.41) is 5.16. The number of sulfone groups is 1. The Labute approximate surface area is 149 Å². The van der Waals surface area contributed by atoms with Crippen molar-refractivity contribution in [1.82, 2.24) is 10.6 Å². The van der Waals surface area contributed by atoms with Gasteiger partial charge in [0.2, 0.25) is 0 Å². The van der Waals surface area contributed by atoms with Crippen molar-refractivity contribution in [2.45, 2.75) is 16.4 Å². The van der Waals surface area contributed by atoms with Gasteiger partial charge in [-0.15, -0.1) is 11.3 Å². The van der Waals surface area contributed by atoms with Crippen LogP contribution in [0.4, 0.5) is 4.39 Å². The first-order valence-electron chi connectivity index (χ1n) is 7.45. The number of amides is 2. The minimum absolute atomic E-state index is 0.133. The third-order valence-corrected chi connectivity index (χ3v) is 6.92. The van der Waals surface area contributed by atoms with E-state index in [2.05, 4.69) is 10.6 Å². The van der Waals surface area contributed by atoms with E-state index in [1.807, 2.05) is 0 Å². The first-order chi connectivity index (χ1) is 11.9. The lowest BCUT2D eigenvalue weighted by Gasteiger charge is -2.18. The monoisotopic (exact) mass is 384 g/mol. The van der Waals surface area contributed by atoms with Crippen LogP contribution in [0.25, 0.3) is 0 Å². The van der Waals surface area contributed by atoms with Gasteiger partial charge in [-0.3, -0.25) is 9.59 Å². The van der Waals surface area contributed by atoms with Crippen LogP contribution >= 0.6 is 11.3 Å². The SMILES string of the molecule is CCNC(=O)C(=O)NC[C@H](c1ccc(F)cc1)S(=O)(=O)c1cccs1. The Kier molecular flexibility index (Phi) is 6.27. The van der Waals surface area contributed by atoms with Crippen LogP contribution in [0.15, 0.2) is 46.0 Å². The number of benzene rings is 1. The molecule has 1 atom stereocenters. The Balaban J connectivity index is 2.29. The lowest BCUT2D eigenvalue weighted by molar-refractivity contribution is -0.139. The van der Waals surface area contributed by atoms with Crippen LogP contribution in [0.5, 0.6) is 0 Å². The number of thiophene rings is 1. The van der Waals surface area contributed by atoms with Crippen LogP contribution in [-0.4, -0.2) is 33.3 Å². The molecule has 0 saturated carbocycles. The molecule has 134 valence electrons. The molecule has 2 aromatic rings. The summed E-state index contributed by atoms with van der Waals surface area (Å²) in [6, 6.07) is 8.07. The van der Waals surface area contributed by atoms with Gasteiger partial charge in [0.05, 0.1) is 0 Å². The number of hydrogen-bond donors (Lipinski definition) is 2.